The number of rotatable bonds is 6. The summed E-state index contributed by atoms with van der Waals surface area (Å²) in [6.45, 7) is 10.3. The zero-order valence-corrected chi connectivity index (χ0v) is 20.1. The van der Waals surface area contributed by atoms with E-state index in [0.717, 1.165) is 11.3 Å². The van der Waals surface area contributed by atoms with Crippen LogP contribution in [0.2, 0.25) is 0 Å². The molecule has 3 rings (SSSR count). The van der Waals surface area contributed by atoms with Crippen LogP contribution in [-0.2, 0) is 16.1 Å². The summed E-state index contributed by atoms with van der Waals surface area (Å²) in [5, 5.41) is 2.64. The molecule has 0 unspecified atom stereocenters. The lowest BCUT2D eigenvalue weighted by molar-refractivity contribution is -0.133. The fourth-order valence-electron chi connectivity index (χ4n) is 3.02. The molecule has 1 aliphatic heterocycles. The molecule has 2 aromatic rings. The molecule has 8 nitrogen and oxygen atoms in total. The molecule has 1 heterocycles. The minimum atomic E-state index is -0.459. The second-order valence-corrected chi connectivity index (χ2v) is 8.29. The number of para-hydroxylation sites is 1. The van der Waals surface area contributed by atoms with Crippen LogP contribution >= 0.6 is 0 Å². The highest BCUT2D eigenvalue weighted by molar-refractivity contribution is 5.99. The van der Waals surface area contributed by atoms with Crippen molar-refractivity contribution >= 4 is 17.7 Å². The van der Waals surface area contributed by atoms with E-state index in [1.807, 2.05) is 63.2 Å². The number of methoxy groups -OCH3 is 3. The quantitative estimate of drug-likeness (QED) is 0.503. The number of carbonyl (C=O) groups is 2. The maximum atomic E-state index is 11.5. The minimum Gasteiger partial charge on any atom is -0.493 e. The predicted molar refractivity (Wildman–Crippen MR) is 127 cm³/mol. The van der Waals surface area contributed by atoms with Gasteiger partial charge in [0.15, 0.2) is 11.5 Å². The first-order valence-corrected chi connectivity index (χ1v) is 10.4. The van der Waals surface area contributed by atoms with Crippen molar-refractivity contribution in [1.29, 1.82) is 0 Å². The molecule has 0 atom stereocenters. The van der Waals surface area contributed by atoms with E-state index in [0.29, 0.717) is 35.9 Å². The molecule has 1 N–H and O–H groups in total. The lowest BCUT2D eigenvalue weighted by Crippen LogP contribution is -2.44. The number of nitrogens with one attached hydrogen (secondary N) is 1. The van der Waals surface area contributed by atoms with E-state index in [1.54, 1.807) is 26.2 Å². The van der Waals surface area contributed by atoms with Crippen LogP contribution in [-0.4, -0.2) is 50.4 Å². The van der Waals surface area contributed by atoms with E-state index in [1.165, 1.54) is 0 Å². The number of nitrogens with zero attached hydrogens (tertiary/aromatic N) is 1. The molecule has 1 fully saturated rings. The number of amides is 2. The smallest absolute Gasteiger partial charge is 0.412 e. The van der Waals surface area contributed by atoms with Crippen LogP contribution in [0.1, 0.15) is 26.3 Å². The average molecular weight is 457 g/mol. The lowest BCUT2D eigenvalue weighted by atomic mass is 10.1. The van der Waals surface area contributed by atoms with E-state index in [9.17, 15) is 9.59 Å². The van der Waals surface area contributed by atoms with Gasteiger partial charge < -0.3 is 23.8 Å². The van der Waals surface area contributed by atoms with E-state index >= 15 is 0 Å². The van der Waals surface area contributed by atoms with Gasteiger partial charge in [0.2, 0.25) is 5.75 Å². The summed E-state index contributed by atoms with van der Waals surface area (Å²) in [6.07, 6.45) is -0.427. The first-order chi connectivity index (χ1) is 15.6. The Morgan fingerprint density at radius 2 is 1.61 bits per heavy atom. The van der Waals surface area contributed by atoms with Crippen molar-refractivity contribution in [2.45, 2.75) is 32.9 Å². The number of hydrogen-bond donors (Lipinski definition) is 1. The van der Waals surface area contributed by atoms with Crippen molar-refractivity contribution in [3.05, 3.63) is 60.2 Å². The molecule has 0 radical (unpaired) electrons. The molecule has 0 bridgehead atoms. The predicted octanol–water partition coefficient (Wildman–Crippen LogP) is 4.64. The van der Waals surface area contributed by atoms with Crippen LogP contribution in [0.5, 0.6) is 17.2 Å². The highest BCUT2D eigenvalue weighted by atomic mass is 16.6. The molecule has 0 aliphatic carbocycles. The van der Waals surface area contributed by atoms with Crippen LogP contribution in [0.3, 0.4) is 0 Å². The maximum absolute atomic E-state index is 11.5. The second kappa shape index (κ2) is 11.3. The third kappa shape index (κ3) is 7.45. The molecule has 0 aromatic heterocycles. The summed E-state index contributed by atoms with van der Waals surface area (Å²) in [6, 6.07) is 12.9. The Morgan fingerprint density at radius 3 is 2.03 bits per heavy atom. The van der Waals surface area contributed by atoms with Gasteiger partial charge in [0.05, 0.1) is 27.9 Å². The Morgan fingerprint density at radius 1 is 1.03 bits per heavy atom. The molecule has 2 amide bonds. The maximum Gasteiger partial charge on any atom is 0.412 e. The molecule has 2 aromatic carbocycles. The lowest BCUT2D eigenvalue weighted by Gasteiger charge is -2.32. The van der Waals surface area contributed by atoms with E-state index < -0.39 is 11.7 Å². The van der Waals surface area contributed by atoms with Gasteiger partial charge in [0.1, 0.15) is 5.60 Å². The first kappa shape index (κ1) is 25.6. The van der Waals surface area contributed by atoms with Gasteiger partial charge in [-0.1, -0.05) is 24.8 Å². The summed E-state index contributed by atoms with van der Waals surface area (Å²) in [7, 11) is 4.69. The summed E-state index contributed by atoms with van der Waals surface area (Å²) < 4.78 is 20.9. The molecule has 8 heteroatoms. The van der Waals surface area contributed by atoms with Gasteiger partial charge in [-0.2, -0.15) is 0 Å². The Balaban J connectivity index is 0.000000245. The molecule has 33 heavy (non-hydrogen) atoms. The monoisotopic (exact) mass is 456 g/mol. The third-order valence-electron chi connectivity index (χ3n) is 4.49. The van der Waals surface area contributed by atoms with Gasteiger partial charge in [-0.25, -0.2) is 4.79 Å². The standard InChI is InChI=1S/C14H17NO4.C11H15NO2/c1-9-7-15(14(9)16)8-10-5-11(17-2)13(19-4)12(6-10)18-3;1-11(2,3)14-10(13)12-9-7-5-4-6-8-9/h5-6H,1,7-8H2,2-4H3;4-8H,1-3H3,(H,12,13). The SMILES string of the molecule is C=C1CN(Cc2cc(OC)c(OC)c(OC)c2)C1=O.CC(C)(C)OC(=O)Nc1ccccc1. The highest BCUT2D eigenvalue weighted by Crippen LogP contribution is 2.38. The molecule has 0 spiro atoms. The molecule has 1 saturated heterocycles. The second-order valence-electron chi connectivity index (χ2n) is 8.29. The Kier molecular flexibility index (Phi) is 8.73. The zero-order valence-electron chi connectivity index (χ0n) is 20.1. The van der Waals surface area contributed by atoms with Gasteiger partial charge in [-0.15, -0.1) is 0 Å². The van der Waals surface area contributed by atoms with E-state index in [4.69, 9.17) is 18.9 Å². The molecular weight excluding hydrogens is 424 g/mol. The van der Waals surface area contributed by atoms with Crippen LogP contribution in [0, 0.1) is 0 Å². The summed E-state index contributed by atoms with van der Waals surface area (Å²) in [5.41, 5.74) is 1.85. The van der Waals surface area contributed by atoms with Crippen LogP contribution in [0.15, 0.2) is 54.6 Å². The summed E-state index contributed by atoms with van der Waals surface area (Å²) >= 11 is 0. The first-order valence-electron chi connectivity index (χ1n) is 10.4. The highest BCUT2D eigenvalue weighted by Gasteiger charge is 2.28. The number of ether oxygens (including phenoxy) is 4. The molecular formula is C25H32N2O6. The van der Waals surface area contributed by atoms with Gasteiger partial charge >= 0.3 is 6.09 Å². The van der Waals surface area contributed by atoms with Crippen molar-refractivity contribution in [2.24, 2.45) is 0 Å². The number of carbonyl (C=O) groups excluding carboxylic acids is 2. The fraction of sp³-hybridized carbons (Fsp3) is 0.360. The normalized spacial score (nSPS) is 12.7. The van der Waals surface area contributed by atoms with E-state index in [2.05, 4.69) is 11.9 Å². The van der Waals surface area contributed by atoms with Gasteiger partial charge in [0.25, 0.3) is 5.91 Å². The number of anilines is 1. The fourth-order valence-corrected chi connectivity index (χ4v) is 3.02. The van der Waals surface area contributed by atoms with Gasteiger partial charge in [-0.3, -0.25) is 10.1 Å². The average Bonchev–Trinajstić information content (AvgIpc) is 2.77. The number of hydrogen-bond acceptors (Lipinski definition) is 6. The van der Waals surface area contributed by atoms with E-state index in [-0.39, 0.29) is 5.91 Å². The minimum absolute atomic E-state index is 0.00579. The van der Waals surface area contributed by atoms with Crippen molar-refractivity contribution in [3.63, 3.8) is 0 Å². The number of β-lactam (4-membered cyclic amide) rings is 1. The largest absolute Gasteiger partial charge is 0.493 e. The van der Waals surface area contributed by atoms with Gasteiger partial charge in [0, 0.05) is 17.8 Å². The number of likely N-dealkylation sites (tertiary alicyclic amines) is 1. The van der Waals surface area contributed by atoms with Crippen LogP contribution < -0.4 is 19.5 Å². The van der Waals surface area contributed by atoms with Crippen LogP contribution in [0.4, 0.5) is 10.5 Å². The third-order valence-corrected chi connectivity index (χ3v) is 4.49. The Labute approximate surface area is 195 Å². The zero-order chi connectivity index (χ0) is 24.6. The topological polar surface area (TPSA) is 86.3 Å². The van der Waals surface area contributed by atoms with Gasteiger partial charge in [-0.05, 0) is 50.6 Å². The van der Waals surface area contributed by atoms with Crippen molar-refractivity contribution in [3.8, 4) is 17.2 Å². The summed E-state index contributed by atoms with van der Waals surface area (Å²) in [4.78, 5) is 24.5. The van der Waals surface area contributed by atoms with Crippen molar-refractivity contribution in [2.75, 3.05) is 33.2 Å². The van der Waals surface area contributed by atoms with Crippen LogP contribution in [0.25, 0.3) is 0 Å². The Bertz CT molecular complexity index is 957. The molecule has 0 saturated carbocycles. The number of benzene rings is 2. The molecule has 1 aliphatic rings. The summed E-state index contributed by atoms with van der Waals surface area (Å²) in [5.74, 6) is 1.72. The molecule has 178 valence electrons. The van der Waals surface area contributed by atoms with Crippen molar-refractivity contribution < 1.29 is 28.5 Å². The van der Waals surface area contributed by atoms with Crippen molar-refractivity contribution in [1.82, 2.24) is 4.90 Å². The Hall–Kier alpha value is -3.68.